The number of aromatic nitrogens is 2. The van der Waals surface area contributed by atoms with Gasteiger partial charge >= 0.3 is 11.6 Å². The Kier molecular flexibility index (Phi) is 7.04. The van der Waals surface area contributed by atoms with E-state index in [9.17, 15) is 19.3 Å². The fraction of sp³-hybridized carbons (Fsp3) is 0.389. The van der Waals surface area contributed by atoms with Gasteiger partial charge in [0.25, 0.3) is 6.47 Å². The van der Waals surface area contributed by atoms with Gasteiger partial charge in [-0.25, -0.2) is 9.37 Å². The molecule has 0 spiro atoms. The van der Waals surface area contributed by atoms with Gasteiger partial charge in [0, 0.05) is 4.47 Å². The Morgan fingerprint density at radius 2 is 2.14 bits per heavy atom. The first-order chi connectivity index (χ1) is 14.0. The number of nitrogens with one attached hydrogen (secondary N) is 1. The molecular formula is C18H18BrFN4O5. The Bertz CT molecular complexity index is 895. The maximum Gasteiger partial charge on any atom is 0.356 e. The summed E-state index contributed by atoms with van der Waals surface area (Å²) >= 11 is 3.13. The molecule has 1 aromatic heterocycles. The van der Waals surface area contributed by atoms with Crippen molar-refractivity contribution in [3.63, 3.8) is 0 Å². The van der Waals surface area contributed by atoms with Crippen LogP contribution in [0, 0.1) is 21.8 Å². The van der Waals surface area contributed by atoms with Crippen LogP contribution in [0.5, 0.6) is 11.6 Å². The van der Waals surface area contributed by atoms with Crippen molar-refractivity contribution in [2.45, 2.75) is 25.4 Å². The van der Waals surface area contributed by atoms with Crippen molar-refractivity contribution >= 4 is 28.1 Å². The molecule has 0 radical (unpaired) electrons. The molecule has 1 fully saturated rings. The zero-order valence-corrected chi connectivity index (χ0v) is 16.8. The third kappa shape index (κ3) is 5.24. The number of ether oxygens (including phenoxy) is 2. The molecule has 1 atom stereocenters. The van der Waals surface area contributed by atoms with Crippen LogP contribution in [0.4, 0.5) is 10.1 Å². The van der Waals surface area contributed by atoms with E-state index in [1.807, 2.05) is 0 Å². The van der Waals surface area contributed by atoms with Gasteiger partial charge in [-0.2, -0.15) is 4.98 Å². The first-order valence-corrected chi connectivity index (χ1v) is 9.71. The number of nitro groups is 1. The van der Waals surface area contributed by atoms with Gasteiger partial charge in [-0.1, -0.05) is 15.9 Å². The third-order valence-electron chi connectivity index (χ3n) is 4.63. The molecule has 0 aliphatic carbocycles. The smallest absolute Gasteiger partial charge is 0.356 e. The predicted molar refractivity (Wildman–Crippen MR) is 103 cm³/mol. The number of hydrogen-bond acceptors (Lipinski definition) is 8. The topological polar surface area (TPSA) is 116 Å². The summed E-state index contributed by atoms with van der Waals surface area (Å²) in [5.41, 5.74) is -0.640. The minimum Gasteiger partial charge on any atom is -0.458 e. The summed E-state index contributed by atoms with van der Waals surface area (Å²) in [5.74, 6) is -1.16. The number of hydrogen-bond donors (Lipinski definition) is 1. The normalized spacial score (nSPS) is 15.5. The van der Waals surface area contributed by atoms with Gasteiger partial charge < -0.3 is 14.8 Å². The highest BCUT2D eigenvalue weighted by Gasteiger charge is 2.33. The third-order valence-corrected chi connectivity index (χ3v) is 5.12. The molecule has 1 aliphatic heterocycles. The SMILES string of the molecule is O=COC(CC1CCNCC1)c1ncnc(Oc2ccc(Br)cc2F)c1[N+](=O)[O-]. The van der Waals surface area contributed by atoms with Crippen LogP contribution in [0.15, 0.2) is 29.0 Å². The van der Waals surface area contributed by atoms with Crippen molar-refractivity contribution in [2.75, 3.05) is 13.1 Å². The Labute approximate surface area is 173 Å². The van der Waals surface area contributed by atoms with Crippen molar-refractivity contribution in [1.29, 1.82) is 0 Å². The molecule has 3 rings (SSSR count). The molecule has 1 N–H and O–H groups in total. The quantitative estimate of drug-likeness (QED) is 0.354. The summed E-state index contributed by atoms with van der Waals surface area (Å²) in [6, 6.07) is 4.01. The highest BCUT2D eigenvalue weighted by molar-refractivity contribution is 9.10. The van der Waals surface area contributed by atoms with Crippen molar-refractivity contribution in [1.82, 2.24) is 15.3 Å². The minimum absolute atomic E-state index is 0.0804. The first-order valence-electron chi connectivity index (χ1n) is 8.91. The molecule has 1 aromatic carbocycles. The van der Waals surface area contributed by atoms with Crippen LogP contribution in [0.2, 0.25) is 0 Å². The van der Waals surface area contributed by atoms with Crippen molar-refractivity contribution < 1.29 is 23.6 Å². The van der Waals surface area contributed by atoms with Gasteiger partial charge in [0.1, 0.15) is 6.33 Å². The van der Waals surface area contributed by atoms with E-state index in [-0.39, 0.29) is 23.8 Å². The van der Waals surface area contributed by atoms with E-state index in [1.54, 1.807) is 0 Å². The summed E-state index contributed by atoms with van der Waals surface area (Å²) in [5, 5.41) is 15.0. The second-order valence-electron chi connectivity index (χ2n) is 6.50. The van der Waals surface area contributed by atoms with Gasteiger partial charge in [0.05, 0.1) is 4.92 Å². The lowest BCUT2D eigenvalue weighted by molar-refractivity contribution is -0.387. The number of piperidine rings is 1. The molecule has 0 amide bonds. The fourth-order valence-corrected chi connectivity index (χ4v) is 3.57. The lowest BCUT2D eigenvalue weighted by Crippen LogP contribution is -2.29. The van der Waals surface area contributed by atoms with E-state index in [0.717, 1.165) is 32.3 Å². The molecule has 0 bridgehead atoms. The number of rotatable bonds is 8. The molecule has 1 aliphatic rings. The maximum atomic E-state index is 14.1. The van der Waals surface area contributed by atoms with Crippen LogP contribution in [-0.2, 0) is 9.53 Å². The molecule has 0 saturated carbocycles. The van der Waals surface area contributed by atoms with E-state index in [2.05, 4.69) is 31.2 Å². The maximum absolute atomic E-state index is 14.1. The molecular weight excluding hydrogens is 451 g/mol. The van der Waals surface area contributed by atoms with E-state index in [1.165, 1.54) is 18.2 Å². The molecule has 1 unspecified atom stereocenters. The van der Waals surface area contributed by atoms with Gasteiger partial charge in [0.2, 0.25) is 0 Å². The van der Waals surface area contributed by atoms with E-state index >= 15 is 0 Å². The summed E-state index contributed by atoms with van der Waals surface area (Å²) in [6.45, 7) is 1.88. The minimum atomic E-state index is -0.934. The van der Waals surface area contributed by atoms with E-state index < -0.39 is 28.4 Å². The lowest BCUT2D eigenvalue weighted by atomic mass is 9.90. The second-order valence-corrected chi connectivity index (χ2v) is 7.41. The van der Waals surface area contributed by atoms with Crippen LogP contribution >= 0.6 is 15.9 Å². The Hall–Kier alpha value is -2.66. The largest absolute Gasteiger partial charge is 0.458 e. The molecule has 29 heavy (non-hydrogen) atoms. The number of nitrogens with zero attached hydrogens (tertiary/aromatic N) is 3. The highest BCUT2D eigenvalue weighted by Crippen LogP contribution is 2.38. The number of carbonyl (C=O) groups excluding carboxylic acids is 1. The Balaban J connectivity index is 1.95. The Morgan fingerprint density at radius 3 is 2.79 bits per heavy atom. The van der Waals surface area contributed by atoms with Gasteiger partial charge in [-0.15, -0.1) is 0 Å². The van der Waals surface area contributed by atoms with E-state index in [4.69, 9.17) is 9.47 Å². The standard InChI is InChI=1S/C18H18BrFN4O5/c19-12-1-2-14(13(20)8-12)29-18-17(24(26)27)16(22-9-23-18)15(28-10-25)7-11-3-5-21-6-4-11/h1-2,8-11,15,21H,3-7H2. The van der Waals surface area contributed by atoms with Crippen LogP contribution in [-0.4, -0.2) is 34.5 Å². The van der Waals surface area contributed by atoms with Crippen molar-refractivity contribution in [3.05, 3.63) is 50.6 Å². The van der Waals surface area contributed by atoms with Crippen molar-refractivity contribution in [3.8, 4) is 11.6 Å². The molecule has 1 saturated heterocycles. The molecule has 154 valence electrons. The first kappa shape index (κ1) is 21.1. The van der Waals surface area contributed by atoms with Gasteiger partial charge in [-0.3, -0.25) is 14.9 Å². The summed E-state index contributed by atoms with van der Waals surface area (Å²) in [4.78, 5) is 29.9. The highest BCUT2D eigenvalue weighted by atomic mass is 79.9. The zero-order chi connectivity index (χ0) is 20.8. The number of benzene rings is 1. The average Bonchev–Trinajstić information content (AvgIpc) is 2.70. The molecule has 2 heterocycles. The second kappa shape index (κ2) is 9.70. The Morgan fingerprint density at radius 1 is 1.38 bits per heavy atom. The van der Waals surface area contributed by atoms with Crippen LogP contribution in [0.25, 0.3) is 0 Å². The number of carbonyl (C=O) groups is 1. The van der Waals surface area contributed by atoms with Gasteiger partial charge in [0.15, 0.2) is 23.4 Å². The lowest BCUT2D eigenvalue weighted by Gasteiger charge is -2.25. The number of halogens is 2. The fourth-order valence-electron chi connectivity index (χ4n) is 3.24. The summed E-state index contributed by atoms with van der Waals surface area (Å²) in [6.07, 6.45) is 2.22. The predicted octanol–water partition coefficient (Wildman–Crippen LogP) is 3.68. The van der Waals surface area contributed by atoms with Gasteiger partial charge in [-0.05, 0) is 56.5 Å². The van der Waals surface area contributed by atoms with Crippen LogP contribution < -0.4 is 10.1 Å². The molecule has 9 nitrogen and oxygen atoms in total. The molecule has 11 heteroatoms. The monoisotopic (exact) mass is 468 g/mol. The summed E-state index contributed by atoms with van der Waals surface area (Å²) < 4.78 is 25.1. The van der Waals surface area contributed by atoms with E-state index in [0.29, 0.717) is 10.9 Å². The molecule has 2 aromatic rings. The van der Waals surface area contributed by atoms with Crippen LogP contribution in [0.1, 0.15) is 31.1 Å². The average molecular weight is 469 g/mol. The zero-order valence-electron chi connectivity index (χ0n) is 15.2. The van der Waals surface area contributed by atoms with Crippen LogP contribution in [0.3, 0.4) is 0 Å². The van der Waals surface area contributed by atoms with Crippen molar-refractivity contribution in [2.24, 2.45) is 5.92 Å². The summed E-state index contributed by atoms with van der Waals surface area (Å²) in [7, 11) is 0.